The zero-order valence-electron chi connectivity index (χ0n) is 18.5. The molecule has 1 aliphatic heterocycles. The number of amides is 1. The molecule has 0 radical (unpaired) electrons. The molecule has 2 aromatic rings. The summed E-state index contributed by atoms with van der Waals surface area (Å²) in [6.45, 7) is 13.0. The van der Waals surface area contributed by atoms with Gasteiger partial charge in [0, 0.05) is 21.5 Å². The highest BCUT2D eigenvalue weighted by atomic mass is 32.1. The van der Waals surface area contributed by atoms with E-state index in [1.165, 1.54) is 11.3 Å². The molecule has 2 N–H and O–H groups in total. The monoisotopic (exact) mass is 430 g/mol. The van der Waals surface area contributed by atoms with Crippen molar-refractivity contribution in [3.05, 3.63) is 45.8 Å². The standard InChI is InChI=1S/C23H30N2O4S/c1-7-28-15-11-9-14(10-12-15)19(26)24-20-17(21(27)29-8-2)16-13-22(3,4)25-23(5,6)18(16)30-20/h9-12,25H,7-8,13H2,1-6H3,(H,24,26). The second kappa shape index (κ2) is 8.40. The highest BCUT2D eigenvalue weighted by Crippen LogP contribution is 2.45. The first-order valence-electron chi connectivity index (χ1n) is 10.2. The number of hydrogen-bond donors (Lipinski definition) is 2. The van der Waals surface area contributed by atoms with Crippen molar-refractivity contribution in [3.8, 4) is 5.75 Å². The van der Waals surface area contributed by atoms with Gasteiger partial charge < -0.3 is 20.1 Å². The van der Waals surface area contributed by atoms with Crippen LogP contribution in [0.2, 0.25) is 0 Å². The van der Waals surface area contributed by atoms with Gasteiger partial charge in [0.05, 0.1) is 18.8 Å². The van der Waals surface area contributed by atoms with Gasteiger partial charge in [-0.15, -0.1) is 11.3 Å². The summed E-state index contributed by atoms with van der Waals surface area (Å²) in [5.41, 5.74) is 1.41. The Balaban J connectivity index is 1.99. The average Bonchev–Trinajstić information content (AvgIpc) is 2.99. The van der Waals surface area contributed by atoms with Gasteiger partial charge in [0.25, 0.3) is 5.91 Å². The second-order valence-electron chi connectivity index (χ2n) is 8.56. The van der Waals surface area contributed by atoms with E-state index in [1.807, 2.05) is 6.92 Å². The number of benzene rings is 1. The molecule has 0 unspecified atom stereocenters. The smallest absolute Gasteiger partial charge is 0.341 e. The zero-order chi connectivity index (χ0) is 22.1. The average molecular weight is 431 g/mol. The molecule has 1 aliphatic rings. The maximum absolute atomic E-state index is 12.9. The number of fused-ring (bicyclic) bond motifs is 1. The molecule has 2 heterocycles. The molecular formula is C23H30N2O4S. The topological polar surface area (TPSA) is 76.7 Å². The molecule has 1 amide bonds. The Kier molecular flexibility index (Phi) is 6.24. The fraction of sp³-hybridized carbons (Fsp3) is 0.478. The first-order valence-corrected chi connectivity index (χ1v) is 11.1. The molecule has 6 nitrogen and oxygen atoms in total. The SMILES string of the molecule is CCOC(=O)c1c(NC(=O)c2ccc(OCC)cc2)sc2c1CC(C)(C)NC2(C)C. The van der Waals surface area contributed by atoms with Crippen molar-refractivity contribution >= 4 is 28.2 Å². The molecule has 0 aliphatic carbocycles. The van der Waals surface area contributed by atoms with Crippen LogP contribution in [0.5, 0.6) is 5.75 Å². The van der Waals surface area contributed by atoms with Crippen LogP contribution in [-0.4, -0.2) is 30.6 Å². The summed E-state index contributed by atoms with van der Waals surface area (Å²) in [6, 6.07) is 6.96. The lowest BCUT2D eigenvalue weighted by molar-refractivity contribution is 0.0525. The molecule has 0 bridgehead atoms. The predicted octanol–water partition coefficient (Wildman–Crippen LogP) is 4.74. The predicted molar refractivity (Wildman–Crippen MR) is 120 cm³/mol. The zero-order valence-corrected chi connectivity index (χ0v) is 19.3. The minimum absolute atomic E-state index is 0.185. The Morgan fingerprint density at radius 3 is 2.37 bits per heavy atom. The van der Waals surface area contributed by atoms with E-state index in [2.05, 4.69) is 38.3 Å². The largest absolute Gasteiger partial charge is 0.494 e. The molecule has 7 heteroatoms. The van der Waals surface area contributed by atoms with Gasteiger partial charge in [0.1, 0.15) is 10.8 Å². The van der Waals surface area contributed by atoms with Crippen LogP contribution < -0.4 is 15.4 Å². The molecule has 0 fully saturated rings. The third kappa shape index (κ3) is 4.52. The molecule has 0 atom stereocenters. The van der Waals surface area contributed by atoms with Crippen LogP contribution in [0.15, 0.2) is 24.3 Å². The number of nitrogens with one attached hydrogen (secondary N) is 2. The lowest BCUT2D eigenvalue weighted by atomic mass is 9.81. The van der Waals surface area contributed by atoms with E-state index >= 15 is 0 Å². The van der Waals surface area contributed by atoms with E-state index in [9.17, 15) is 9.59 Å². The molecule has 1 aromatic heterocycles. The maximum atomic E-state index is 12.9. The van der Waals surface area contributed by atoms with Crippen molar-refractivity contribution < 1.29 is 19.1 Å². The van der Waals surface area contributed by atoms with Crippen LogP contribution in [0.25, 0.3) is 0 Å². The van der Waals surface area contributed by atoms with Crippen LogP contribution in [0.4, 0.5) is 5.00 Å². The number of esters is 1. The number of carbonyl (C=O) groups is 2. The molecule has 3 rings (SSSR count). The van der Waals surface area contributed by atoms with E-state index in [4.69, 9.17) is 9.47 Å². The first-order chi connectivity index (χ1) is 14.1. The van der Waals surface area contributed by atoms with Crippen LogP contribution in [0.3, 0.4) is 0 Å². The molecule has 0 saturated heterocycles. The van der Waals surface area contributed by atoms with Gasteiger partial charge in [0.15, 0.2) is 0 Å². The molecule has 0 spiro atoms. The number of anilines is 1. The Morgan fingerprint density at radius 1 is 1.10 bits per heavy atom. The second-order valence-corrected chi connectivity index (χ2v) is 9.58. The normalized spacial score (nSPS) is 16.5. The van der Waals surface area contributed by atoms with Crippen molar-refractivity contribution in [3.63, 3.8) is 0 Å². The molecule has 30 heavy (non-hydrogen) atoms. The fourth-order valence-corrected chi connectivity index (χ4v) is 5.34. The third-order valence-corrected chi connectivity index (χ3v) is 6.45. The van der Waals surface area contributed by atoms with Crippen molar-refractivity contribution in [2.24, 2.45) is 0 Å². The summed E-state index contributed by atoms with van der Waals surface area (Å²) in [5.74, 6) is 0.0422. The number of carbonyl (C=O) groups excluding carboxylic acids is 2. The van der Waals surface area contributed by atoms with Gasteiger partial charge in [-0.3, -0.25) is 4.79 Å². The van der Waals surface area contributed by atoms with Crippen molar-refractivity contribution in [1.29, 1.82) is 0 Å². The number of ether oxygens (including phenoxy) is 2. The van der Waals surface area contributed by atoms with Gasteiger partial charge in [0.2, 0.25) is 0 Å². The Bertz CT molecular complexity index is 945. The van der Waals surface area contributed by atoms with Gasteiger partial charge >= 0.3 is 5.97 Å². The molecule has 0 saturated carbocycles. The van der Waals surface area contributed by atoms with Gasteiger partial charge in [-0.05, 0) is 77.8 Å². The molecular weight excluding hydrogens is 400 g/mol. The number of hydrogen-bond acceptors (Lipinski definition) is 6. The van der Waals surface area contributed by atoms with Crippen LogP contribution >= 0.6 is 11.3 Å². The van der Waals surface area contributed by atoms with Crippen molar-refractivity contribution in [2.75, 3.05) is 18.5 Å². The summed E-state index contributed by atoms with van der Waals surface area (Å²) in [6.07, 6.45) is 0.676. The van der Waals surface area contributed by atoms with E-state index in [1.54, 1.807) is 31.2 Å². The molecule has 162 valence electrons. The Morgan fingerprint density at radius 2 is 1.77 bits per heavy atom. The van der Waals surface area contributed by atoms with Crippen LogP contribution in [-0.2, 0) is 16.7 Å². The van der Waals surface area contributed by atoms with Gasteiger partial charge in [-0.2, -0.15) is 0 Å². The van der Waals surface area contributed by atoms with Crippen LogP contribution in [0.1, 0.15) is 72.7 Å². The minimum Gasteiger partial charge on any atom is -0.494 e. The Hall–Kier alpha value is -2.38. The van der Waals surface area contributed by atoms with E-state index in [0.29, 0.717) is 34.9 Å². The van der Waals surface area contributed by atoms with E-state index in [0.717, 1.165) is 10.4 Å². The lowest BCUT2D eigenvalue weighted by Crippen LogP contribution is -2.55. The quantitative estimate of drug-likeness (QED) is 0.648. The minimum atomic E-state index is -0.398. The highest BCUT2D eigenvalue weighted by molar-refractivity contribution is 7.17. The lowest BCUT2D eigenvalue weighted by Gasteiger charge is -2.42. The summed E-state index contributed by atoms with van der Waals surface area (Å²) in [5, 5.41) is 7.12. The number of thiophene rings is 1. The Labute approximate surface area is 182 Å². The van der Waals surface area contributed by atoms with Crippen molar-refractivity contribution in [2.45, 2.75) is 59.0 Å². The van der Waals surface area contributed by atoms with Gasteiger partial charge in [-0.1, -0.05) is 0 Å². The highest BCUT2D eigenvalue weighted by Gasteiger charge is 2.42. The summed E-state index contributed by atoms with van der Waals surface area (Å²) in [7, 11) is 0. The first kappa shape index (κ1) is 22.3. The van der Waals surface area contributed by atoms with E-state index < -0.39 is 5.97 Å². The van der Waals surface area contributed by atoms with E-state index in [-0.39, 0.29) is 23.6 Å². The molecule has 1 aromatic carbocycles. The fourth-order valence-electron chi connectivity index (χ4n) is 4.08. The maximum Gasteiger partial charge on any atom is 0.341 e. The summed E-state index contributed by atoms with van der Waals surface area (Å²) >= 11 is 1.44. The summed E-state index contributed by atoms with van der Waals surface area (Å²) in [4.78, 5) is 26.8. The summed E-state index contributed by atoms with van der Waals surface area (Å²) < 4.78 is 10.8. The number of rotatable bonds is 6. The van der Waals surface area contributed by atoms with Crippen LogP contribution in [0, 0.1) is 0 Å². The van der Waals surface area contributed by atoms with Crippen molar-refractivity contribution in [1.82, 2.24) is 5.32 Å². The third-order valence-electron chi connectivity index (χ3n) is 4.98. The van der Waals surface area contributed by atoms with Gasteiger partial charge in [-0.25, -0.2) is 4.79 Å².